The smallest absolute Gasteiger partial charge is 0.358 e. The normalized spacial score (nSPS) is 20.1. The van der Waals surface area contributed by atoms with Gasteiger partial charge in [0.1, 0.15) is 0 Å². The number of fused-ring (bicyclic) bond motifs is 2. The predicted octanol–water partition coefficient (Wildman–Crippen LogP) is 12.0. The van der Waals surface area contributed by atoms with E-state index in [1.54, 1.807) is 41.5 Å². The van der Waals surface area contributed by atoms with E-state index >= 15 is 0 Å². The van der Waals surface area contributed by atoms with Gasteiger partial charge in [-0.1, -0.05) is 156 Å². The Labute approximate surface area is 309 Å². The summed E-state index contributed by atoms with van der Waals surface area (Å²) in [6.07, 6.45) is 29.5. The second-order valence-electron chi connectivity index (χ2n) is 14.8. The van der Waals surface area contributed by atoms with Gasteiger partial charge in [0.25, 0.3) is 0 Å². The SMILES string of the molecule is CC(C)(C)[N-][Si](C)(C)C1=C2C=CC=CC2C=C1CCCCCC1=CC2C=CC=CC2=C1[Si](C)(C)[N-]C(C)(C)C.[CH2]=[Ti+2].[CH3-].[CH3-].[CH3-].[Ti+3]. The van der Waals surface area contributed by atoms with Crippen molar-refractivity contribution in [3.8, 4) is 0 Å². The zero-order valence-electron chi connectivity index (χ0n) is 31.1. The Morgan fingerprint density at radius 1 is 0.622 bits per heavy atom. The zero-order chi connectivity index (χ0) is 30.6. The van der Waals surface area contributed by atoms with Crippen LogP contribution in [0.25, 0.3) is 9.96 Å². The van der Waals surface area contributed by atoms with E-state index in [0.717, 1.165) is 0 Å². The van der Waals surface area contributed by atoms with Crippen molar-refractivity contribution >= 4 is 21.3 Å². The molecule has 0 saturated carbocycles. The van der Waals surface area contributed by atoms with Gasteiger partial charge in [-0.3, -0.25) is 0 Å². The monoisotopic (exact) mass is 711 g/mol. The van der Waals surface area contributed by atoms with Crippen LogP contribution in [-0.4, -0.2) is 32.4 Å². The van der Waals surface area contributed by atoms with Gasteiger partial charge in [-0.25, -0.2) is 0 Å². The molecule has 0 bridgehead atoms. The third kappa shape index (κ3) is 12.5. The Balaban J connectivity index is 0. The third-order valence-electron chi connectivity index (χ3n) is 7.96. The number of hydrogen-bond donors (Lipinski definition) is 0. The van der Waals surface area contributed by atoms with Gasteiger partial charge >= 0.3 is 46.5 Å². The number of nitrogens with zero attached hydrogens (tertiary/aromatic N) is 2. The second-order valence-corrected chi connectivity index (χ2v) is 22.5. The number of rotatable bonds is 10. The molecule has 0 fully saturated rings. The maximum Gasteiger partial charge on any atom is 3.00 e. The van der Waals surface area contributed by atoms with Crippen LogP contribution in [0.1, 0.15) is 73.6 Å². The van der Waals surface area contributed by atoms with Crippen molar-refractivity contribution in [1.82, 2.24) is 0 Å². The number of allylic oxidation sites excluding steroid dienone is 16. The minimum atomic E-state index is -1.92. The van der Waals surface area contributed by atoms with Gasteiger partial charge in [-0.05, 0) is 53.3 Å². The molecule has 0 aromatic heterocycles. The number of unbranched alkanes of at least 4 members (excludes halogenated alkanes) is 2. The van der Waals surface area contributed by atoms with Gasteiger partial charge < -0.3 is 32.2 Å². The van der Waals surface area contributed by atoms with Crippen molar-refractivity contribution in [1.29, 1.82) is 0 Å². The van der Waals surface area contributed by atoms with Crippen molar-refractivity contribution in [2.45, 2.75) is 111 Å². The van der Waals surface area contributed by atoms with Crippen LogP contribution in [0.3, 0.4) is 0 Å². The summed E-state index contributed by atoms with van der Waals surface area (Å²) in [6, 6.07) is 0. The molecule has 2 atom stereocenters. The Kier molecular flexibility index (Phi) is 19.7. The molecule has 6 heteroatoms. The van der Waals surface area contributed by atoms with Crippen molar-refractivity contribution in [2.75, 3.05) is 0 Å². The minimum Gasteiger partial charge on any atom is -0.358 e. The van der Waals surface area contributed by atoms with E-state index in [0.29, 0.717) is 11.8 Å². The molecule has 0 heterocycles. The van der Waals surface area contributed by atoms with E-state index in [9.17, 15) is 0 Å². The van der Waals surface area contributed by atoms with Crippen LogP contribution in [-0.2, 0) is 41.7 Å². The molecule has 0 amide bonds. The topological polar surface area (TPSA) is 28.2 Å². The molecule has 0 saturated heterocycles. The van der Waals surface area contributed by atoms with Crippen molar-refractivity contribution < 1.29 is 41.7 Å². The molecule has 4 rings (SSSR count). The van der Waals surface area contributed by atoms with Crippen molar-refractivity contribution in [3.63, 3.8) is 0 Å². The Hall–Kier alpha value is -0.428. The first-order valence-corrected chi connectivity index (χ1v) is 22.5. The molecule has 0 aliphatic heterocycles. The molecule has 245 valence electrons. The molecule has 45 heavy (non-hydrogen) atoms. The fourth-order valence-electron chi connectivity index (χ4n) is 7.38. The minimum absolute atomic E-state index is 0. The molecule has 0 spiro atoms. The van der Waals surface area contributed by atoms with E-state index in [1.807, 2.05) is 0 Å². The largest absolute Gasteiger partial charge is 3.00 e. The number of hydrogen-bond acceptors (Lipinski definition) is 0. The van der Waals surface area contributed by atoms with Gasteiger partial charge in [0.05, 0.1) is 0 Å². The van der Waals surface area contributed by atoms with Crippen LogP contribution in [0.15, 0.2) is 93.4 Å². The summed E-state index contributed by atoms with van der Waals surface area (Å²) in [6.45, 7) is 23.3. The molecule has 0 N–H and O–H groups in total. The quantitative estimate of drug-likeness (QED) is 0.123. The molecular formula is C39H63N2Si2Ti2. The summed E-state index contributed by atoms with van der Waals surface area (Å²) in [7, 11) is -3.83. The molecule has 1 radical (unpaired) electrons. The van der Waals surface area contributed by atoms with Gasteiger partial charge in [0.2, 0.25) is 0 Å². The first-order valence-electron chi connectivity index (χ1n) is 15.5. The van der Waals surface area contributed by atoms with Crippen molar-refractivity contribution in [2.24, 2.45) is 11.8 Å². The Bertz CT molecular complexity index is 1130. The molecule has 4 aliphatic rings. The summed E-state index contributed by atoms with van der Waals surface area (Å²) in [5.41, 5.74) is 6.20. The van der Waals surface area contributed by atoms with Crippen LogP contribution in [0.5, 0.6) is 0 Å². The van der Waals surface area contributed by atoms with Crippen LogP contribution in [0.2, 0.25) is 26.2 Å². The molecular weight excluding hydrogens is 648 g/mol. The summed E-state index contributed by atoms with van der Waals surface area (Å²) in [5.74, 6) is 0.894. The van der Waals surface area contributed by atoms with Crippen LogP contribution in [0, 0.1) is 34.1 Å². The first-order chi connectivity index (χ1) is 19.1. The zero-order valence-corrected chi connectivity index (χ0v) is 36.2. The molecule has 2 nitrogen and oxygen atoms in total. The standard InChI is InChI=1S/C35H52N2Si2.3CH3.CH2.2Ti/c1-34(2,3)36-38(7,8)32-28(24-26-18-14-16-22-30(26)32)20-12-11-13-21-29-25-27-19-15-17-23-31(27)33(29)39(9,10)37-35(4,5)6;;;;;;/h14-19,22-27H,11-13,20-21H2,1-10H3;3*1H3;1H2;;/q-2;3*-1;;+2;+3. The van der Waals surface area contributed by atoms with Crippen LogP contribution in [0.4, 0.5) is 0 Å². The van der Waals surface area contributed by atoms with Crippen molar-refractivity contribution in [3.05, 3.63) is 126 Å². The molecule has 0 aromatic carbocycles. The summed E-state index contributed by atoms with van der Waals surface area (Å²) in [4.78, 5) is 14.1. The Morgan fingerprint density at radius 2 is 0.956 bits per heavy atom. The summed E-state index contributed by atoms with van der Waals surface area (Å²) >= 11 is 1.75. The molecule has 4 aliphatic carbocycles. The maximum absolute atomic E-state index is 5.41. The summed E-state index contributed by atoms with van der Waals surface area (Å²) < 4.78 is 0. The average molecular weight is 712 g/mol. The van der Waals surface area contributed by atoms with E-state index < -0.39 is 16.5 Å². The van der Waals surface area contributed by atoms with Crippen LogP contribution < -0.4 is 0 Å². The fraction of sp³-hybridized carbons (Fsp3) is 0.487. The second kappa shape index (κ2) is 18.9. The third-order valence-corrected chi connectivity index (χ3v) is 14.1. The van der Waals surface area contributed by atoms with Gasteiger partial charge in [-0.15, -0.1) is 11.1 Å². The fourth-order valence-corrected chi connectivity index (χ4v) is 14.9. The molecule has 2 unspecified atom stereocenters. The molecule has 0 aromatic rings. The van der Waals surface area contributed by atoms with E-state index in [-0.39, 0.29) is 55.1 Å². The van der Waals surface area contributed by atoms with Gasteiger partial charge in [-0.2, -0.15) is 0 Å². The maximum atomic E-state index is 5.41. The van der Waals surface area contributed by atoms with E-state index in [4.69, 9.17) is 9.96 Å². The van der Waals surface area contributed by atoms with Gasteiger partial charge in [0.15, 0.2) is 0 Å². The van der Waals surface area contributed by atoms with E-state index in [1.165, 1.54) is 43.3 Å². The average Bonchev–Trinajstić information content (AvgIpc) is 3.41. The van der Waals surface area contributed by atoms with E-state index in [2.05, 4.69) is 133 Å². The van der Waals surface area contributed by atoms with Gasteiger partial charge in [0, 0.05) is 11.8 Å². The summed E-state index contributed by atoms with van der Waals surface area (Å²) in [5, 5.41) is 3.21. The Morgan fingerprint density at radius 3 is 1.27 bits per heavy atom. The predicted molar refractivity (Wildman–Crippen MR) is 204 cm³/mol. The first kappa shape index (κ1) is 46.7. The van der Waals surface area contributed by atoms with Crippen LogP contribution >= 0.6 is 0 Å².